The second-order valence-electron chi connectivity index (χ2n) is 11.7. The predicted octanol–water partition coefficient (Wildman–Crippen LogP) is 4.21. The number of fused-ring (bicyclic) bond motifs is 1. The fourth-order valence-electron chi connectivity index (χ4n) is 5.72. The number of nitrogens with zero attached hydrogens (tertiary/aromatic N) is 4. The molecule has 1 N–H and O–H groups in total. The van der Waals surface area contributed by atoms with E-state index < -0.39 is 15.6 Å². The van der Waals surface area contributed by atoms with E-state index in [1.54, 1.807) is 59.4 Å². The zero-order valence-corrected chi connectivity index (χ0v) is 24.1. The number of sulfonamides is 1. The summed E-state index contributed by atoms with van der Waals surface area (Å²) in [5, 5.41) is 2.88. The molecular weight excluding hydrogens is 530 g/mol. The molecular formula is C29H37N5O5S. The number of amides is 2. The highest BCUT2D eigenvalue weighted by atomic mass is 32.2. The molecule has 2 aliphatic heterocycles. The van der Waals surface area contributed by atoms with Crippen LogP contribution in [0.2, 0.25) is 0 Å². The van der Waals surface area contributed by atoms with Crippen molar-refractivity contribution in [1.82, 2.24) is 23.9 Å². The first-order valence-corrected chi connectivity index (χ1v) is 15.2. The van der Waals surface area contributed by atoms with Gasteiger partial charge >= 0.3 is 6.09 Å². The first kappa shape index (κ1) is 28.1. The van der Waals surface area contributed by atoms with Gasteiger partial charge in [-0.15, -0.1) is 0 Å². The van der Waals surface area contributed by atoms with Crippen LogP contribution in [0, 0.1) is 0 Å². The van der Waals surface area contributed by atoms with Gasteiger partial charge in [0.15, 0.2) is 0 Å². The number of pyridine rings is 1. The van der Waals surface area contributed by atoms with Gasteiger partial charge in [0.1, 0.15) is 11.2 Å². The van der Waals surface area contributed by atoms with Crippen LogP contribution in [0.25, 0.3) is 5.65 Å². The fraction of sp³-hybridized carbons (Fsp3) is 0.483. The van der Waals surface area contributed by atoms with Gasteiger partial charge in [-0.2, -0.15) is 4.31 Å². The van der Waals surface area contributed by atoms with Crippen LogP contribution in [0.4, 0.5) is 4.79 Å². The Balaban J connectivity index is 1.21. The summed E-state index contributed by atoms with van der Waals surface area (Å²) in [5.74, 6) is -0.224. The Labute approximate surface area is 235 Å². The third kappa shape index (κ3) is 5.85. The van der Waals surface area contributed by atoms with E-state index in [9.17, 15) is 18.0 Å². The van der Waals surface area contributed by atoms with Crippen LogP contribution in [0.1, 0.15) is 68.8 Å². The number of nitrogens with one attached hydrogen (secondary N) is 1. The van der Waals surface area contributed by atoms with Crippen LogP contribution in [0.5, 0.6) is 0 Å². The van der Waals surface area contributed by atoms with Crippen LogP contribution < -0.4 is 5.32 Å². The molecule has 2 aliphatic rings. The van der Waals surface area contributed by atoms with Gasteiger partial charge in [0.25, 0.3) is 5.91 Å². The Morgan fingerprint density at radius 3 is 2.45 bits per heavy atom. The van der Waals surface area contributed by atoms with Crippen LogP contribution in [0.15, 0.2) is 59.9 Å². The molecule has 0 saturated carbocycles. The monoisotopic (exact) mass is 567 g/mol. The third-order valence-corrected chi connectivity index (χ3v) is 9.66. The number of benzene rings is 1. The average molecular weight is 568 g/mol. The summed E-state index contributed by atoms with van der Waals surface area (Å²) in [4.78, 5) is 31.8. The highest BCUT2D eigenvalue weighted by molar-refractivity contribution is 7.89. The van der Waals surface area contributed by atoms with Crippen molar-refractivity contribution in [2.75, 3.05) is 19.6 Å². The number of carbonyl (C=O) groups excluding carboxylic acids is 2. The summed E-state index contributed by atoms with van der Waals surface area (Å²) in [7, 11) is -3.70. The van der Waals surface area contributed by atoms with Crippen molar-refractivity contribution in [1.29, 1.82) is 0 Å². The molecule has 2 saturated heterocycles. The molecule has 0 aliphatic carbocycles. The summed E-state index contributed by atoms with van der Waals surface area (Å²) in [6, 6.07) is 10.1. The Bertz CT molecular complexity index is 1490. The molecule has 5 rings (SSSR count). The molecule has 1 unspecified atom stereocenters. The Morgan fingerprint density at radius 2 is 1.73 bits per heavy atom. The molecule has 214 valence electrons. The lowest BCUT2D eigenvalue weighted by molar-refractivity contribution is 0.00531. The van der Waals surface area contributed by atoms with Crippen molar-refractivity contribution >= 4 is 27.7 Å². The minimum absolute atomic E-state index is 0.222. The number of likely N-dealkylation sites (tertiary alicyclic amines) is 1. The van der Waals surface area contributed by atoms with E-state index in [2.05, 4.69) is 10.3 Å². The number of ether oxygens (including phenoxy) is 1. The lowest BCUT2D eigenvalue weighted by atomic mass is 9.88. The van der Waals surface area contributed by atoms with E-state index in [0.717, 1.165) is 30.5 Å². The number of aromatic nitrogens is 2. The van der Waals surface area contributed by atoms with Crippen LogP contribution in [0.3, 0.4) is 0 Å². The molecule has 10 nitrogen and oxygen atoms in total. The minimum atomic E-state index is -3.70. The lowest BCUT2D eigenvalue weighted by Gasteiger charge is -2.38. The summed E-state index contributed by atoms with van der Waals surface area (Å²) in [5.41, 5.74) is 1.12. The maximum atomic E-state index is 13.5. The zero-order chi connectivity index (χ0) is 28.5. The molecule has 40 heavy (non-hydrogen) atoms. The Morgan fingerprint density at radius 1 is 1.00 bits per heavy atom. The van der Waals surface area contributed by atoms with Crippen LogP contribution in [-0.4, -0.2) is 69.8 Å². The molecule has 1 aromatic carbocycles. The van der Waals surface area contributed by atoms with Crippen molar-refractivity contribution in [2.24, 2.45) is 0 Å². The minimum Gasteiger partial charge on any atom is -0.444 e. The summed E-state index contributed by atoms with van der Waals surface area (Å²) >= 11 is 0. The second-order valence-corrected chi connectivity index (χ2v) is 13.6. The summed E-state index contributed by atoms with van der Waals surface area (Å²) in [6.45, 7) is 7.24. The molecule has 0 bridgehead atoms. The molecule has 2 fully saturated rings. The topological polar surface area (TPSA) is 113 Å². The standard InChI is InChI=1S/C29H37N5O5S/c1-28(2,3)39-27(36)34-17-5-13-29(34)12-4-16-33(18-14-29)40(37,38)24-9-6-22(7-10-24)20-31-26(35)23-8-11-25-30-15-19-32(25)21-23/h6-11,15,19,21H,4-5,12-14,16-18,20H2,1-3H3,(H,31,35). The van der Waals surface area contributed by atoms with Gasteiger partial charge in [-0.25, -0.2) is 18.2 Å². The number of carbonyl (C=O) groups is 2. The molecule has 1 spiro atoms. The first-order valence-electron chi connectivity index (χ1n) is 13.8. The Hall–Kier alpha value is -3.44. The van der Waals surface area contributed by atoms with E-state index in [0.29, 0.717) is 38.0 Å². The molecule has 3 aromatic rings. The van der Waals surface area contributed by atoms with E-state index >= 15 is 0 Å². The van der Waals surface area contributed by atoms with Crippen LogP contribution in [-0.2, 0) is 21.3 Å². The van der Waals surface area contributed by atoms with Crippen molar-refractivity contribution in [3.8, 4) is 0 Å². The van der Waals surface area contributed by atoms with Gasteiger partial charge in [0.05, 0.1) is 10.5 Å². The summed E-state index contributed by atoms with van der Waals surface area (Å²) in [6.07, 6.45) is 8.62. The highest BCUT2D eigenvalue weighted by Crippen LogP contribution is 2.40. The van der Waals surface area contributed by atoms with Gasteiger partial charge in [-0.1, -0.05) is 12.1 Å². The molecule has 11 heteroatoms. The number of hydrogen-bond acceptors (Lipinski definition) is 6. The SMILES string of the molecule is CC(C)(C)OC(=O)N1CCCC12CCCN(S(=O)(=O)c1ccc(CNC(=O)c3ccc4nccn4c3)cc1)CC2. The first-order chi connectivity index (χ1) is 19.0. The van der Waals surface area contributed by atoms with Gasteiger partial charge < -0.3 is 19.4 Å². The molecule has 4 heterocycles. The third-order valence-electron chi connectivity index (χ3n) is 7.75. The van der Waals surface area contributed by atoms with Gasteiger partial charge in [-0.3, -0.25) is 4.79 Å². The normalized spacial score (nSPS) is 20.5. The molecule has 1 atom stereocenters. The number of imidazole rings is 1. The smallest absolute Gasteiger partial charge is 0.410 e. The fourth-order valence-corrected chi connectivity index (χ4v) is 7.20. The predicted molar refractivity (Wildman–Crippen MR) is 150 cm³/mol. The molecule has 0 radical (unpaired) electrons. The summed E-state index contributed by atoms with van der Waals surface area (Å²) < 4.78 is 36.1. The van der Waals surface area contributed by atoms with Crippen molar-refractivity contribution in [3.05, 3.63) is 66.1 Å². The lowest BCUT2D eigenvalue weighted by Crippen LogP contribution is -2.49. The molecule has 2 amide bonds. The quantitative estimate of drug-likeness (QED) is 0.494. The second kappa shape index (κ2) is 10.9. The van der Waals surface area contributed by atoms with Gasteiger partial charge in [0.2, 0.25) is 10.0 Å². The van der Waals surface area contributed by atoms with E-state index in [4.69, 9.17) is 4.74 Å². The van der Waals surface area contributed by atoms with E-state index in [-0.39, 0.29) is 29.0 Å². The van der Waals surface area contributed by atoms with Crippen LogP contribution >= 0.6 is 0 Å². The van der Waals surface area contributed by atoms with Crippen molar-refractivity contribution < 1.29 is 22.7 Å². The molecule has 2 aromatic heterocycles. The van der Waals surface area contributed by atoms with Gasteiger partial charge in [0, 0.05) is 50.3 Å². The zero-order valence-electron chi connectivity index (χ0n) is 23.3. The highest BCUT2D eigenvalue weighted by Gasteiger charge is 2.46. The van der Waals surface area contributed by atoms with Crippen molar-refractivity contribution in [2.45, 2.75) is 75.5 Å². The Kier molecular flexibility index (Phi) is 7.62. The van der Waals surface area contributed by atoms with Gasteiger partial charge in [-0.05, 0) is 82.7 Å². The largest absolute Gasteiger partial charge is 0.444 e. The maximum absolute atomic E-state index is 13.5. The van der Waals surface area contributed by atoms with Crippen molar-refractivity contribution in [3.63, 3.8) is 0 Å². The number of rotatable bonds is 5. The van der Waals surface area contributed by atoms with E-state index in [1.807, 2.05) is 25.7 Å². The van der Waals surface area contributed by atoms with E-state index in [1.165, 1.54) is 4.31 Å². The average Bonchev–Trinajstić information content (AvgIpc) is 3.49. The number of hydrogen-bond donors (Lipinski definition) is 1. The maximum Gasteiger partial charge on any atom is 0.410 e.